The van der Waals surface area contributed by atoms with Crippen LogP contribution in [-0.4, -0.2) is 49.1 Å². The van der Waals surface area contributed by atoms with E-state index in [9.17, 15) is 23.7 Å². The molecule has 2 saturated heterocycles. The maximum absolute atomic E-state index is 12.6. The van der Waals surface area contributed by atoms with E-state index < -0.39 is 44.9 Å². The summed E-state index contributed by atoms with van der Waals surface area (Å²) >= 11 is 0. The van der Waals surface area contributed by atoms with Gasteiger partial charge in [-0.1, -0.05) is 30.3 Å². The highest BCUT2D eigenvalue weighted by molar-refractivity contribution is 7.87. The summed E-state index contributed by atoms with van der Waals surface area (Å²) in [6.45, 7) is 3.05. The van der Waals surface area contributed by atoms with Gasteiger partial charge in [0.05, 0.1) is 34.0 Å². The maximum Gasteiger partial charge on any atom is 0.249 e. The van der Waals surface area contributed by atoms with Gasteiger partial charge in [0, 0.05) is 0 Å². The van der Waals surface area contributed by atoms with E-state index in [1.165, 1.54) is 13.8 Å². The Morgan fingerprint density at radius 3 is 2.50 bits per heavy atom. The van der Waals surface area contributed by atoms with E-state index in [-0.39, 0.29) is 12.3 Å². The normalized spacial score (nSPS) is 30.4. The van der Waals surface area contributed by atoms with Crippen LogP contribution in [0.2, 0.25) is 0 Å². The van der Waals surface area contributed by atoms with Gasteiger partial charge >= 0.3 is 0 Å². The second kappa shape index (κ2) is 5.70. The van der Waals surface area contributed by atoms with E-state index in [4.69, 9.17) is 0 Å². The molecule has 0 radical (unpaired) electrons. The van der Waals surface area contributed by atoms with Crippen LogP contribution < -0.4 is 10.4 Å². The molecule has 24 heavy (non-hydrogen) atoms. The monoisotopic (exact) mass is 349 g/mol. The van der Waals surface area contributed by atoms with Crippen molar-refractivity contribution in [3.63, 3.8) is 0 Å². The van der Waals surface area contributed by atoms with Crippen LogP contribution in [0.1, 0.15) is 19.4 Å². The second-order valence-electron chi connectivity index (χ2n) is 6.47. The third-order valence-electron chi connectivity index (χ3n) is 4.50. The van der Waals surface area contributed by atoms with Gasteiger partial charge in [-0.15, -0.1) is 0 Å². The first-order valence-corrected chi connectivity index (χ1v) is 8.73. The average molecular weight is 349 g/mol. The number of hydrogen-bond acceptors (Lipinski definition) is 5. The summed E-state index contributed by atoms with van der Waals surface area (Å²) < 4.78 is 11.4. The van der Waals surface area contributed by atoms with Gasteiger partial charge in [0.15, 0.2) is 0 Å². The lowest BCUT2D eigenvalue weighted by Crippen LogP contribution is -2.72. The predicted molar refractivity (Wildman–Crippen MR) is 83.7 cm³/mol. The van der Waals surface area contributed by atoms with E-state index in [1.807, 2.05) is 6.07 Å². The number of nitrogens with one attached hydrogen (secondary N) is 1. The third-order valence-corrected chi connectivity index (χ3v) is 6.70. The molecule has 2 aliphatic rings. The van der Waals surface area contributed by atoms with Crippen LogP contribution in [0.4, 0.5) is 0 Å². The molecule has 8 heteroatoms. The molecule has 2 aliphatic heterocycles. The summed E-state index contributed by atoms with van der Waals surface area (Å²) in [5.41, 5.74) is 0.791. The number of nitrogens with zero attached hydrogens (tertiary/aromatic N) is 1. The third kappa shape index (κ3) is 2.41. The summed E-state index contributed by atoms with van der Waals surface area (Å²) in [5, 5.41) is 13.1. The van der Waals surface area contributed by atoms with E-state index in [0.717, 1.165) is 10.5 Å². The molecule has 0 spiro atoms. The van der Waals surface area contributed by atoms with Gasteiger partial charge in [0.2, 0.25) is 11.8 Å². The van der Waals surface area contributed by atoms with E-state index in [1.54, 1.807) is 24.3 Å². The fourth-order valence-electron chi connectivity index (χ4n) is 3.28. The maximum atomic E-state index is 12.6. The van der Waals surface area contributed by atoms with Crippen LogP contribution in [0, 0.1) is 0 Å². The van der Waals surface area contributed by atoms with Crippen LogP contribution in [0.15, 0.2) is 30.3 Å². The second-order valence-corrected chi connectivity index (χ2v) is 8.60. The lowest BCUT2D eigenvalue weighted by molar-refractivity contribution is -0.312. The topological polar surface area (TPSA) is 107 Å². The number of fused-ring (bicyclic) bond motifs is 1. The van der Waals surface area contributed by atoms with Gasteiger partial charge in [-0.05, 0) is 19.4 Å². The molecule has 1 aromatic carbocycles. The van der Waals surface area contributed by atoms with Crippen LogP contribution in [-0.2, 0) is 31.6 Å². The first-order chi connectivity index (χ1) is 11.2. The van der Waals surface area contributed by atoms with Gasteiger partial charge in [-0.2, -0.15) is 0 Å². The number of amides is 2. The van der Waals surface area contributed by atoms with Crippen LogP contribution in [0.3, 0.4) is 0 Å². The van der Waals surface area contributed by atoms with Crippen LogP contribution >= 0.6 is 0 Å². The van der Waals surface area contributed by atoms with Crippen molar-refractivity contribution in [3.8, 4) is 0 Å². The summed E-state index contributed by atoms with van der Waals surface area (Å²) in [5.74, 6) is -2.33. The fraction of sp³-hybridized carbons (Fsp3) is 0.438. The number of benzene rings is 1. The Labute approximate surface area is 141 Å². The zero-order valence-electron chi connectivity index (χ0n) is 13.2. The van der Waals surface area contributed by atoms with Crippen molar-refractivity contribution < 1.29 is 23.7 Å². The van der Waals surface area contributed by atoms with Crippen LogP contribution in [0.25, 0.3) is 0 Å². The molecule has 1 unspecified atom stereocenters. The minimum Gasteiger partial charge on any atom is -0.548 e. The Kier molecular flexibility index (Phi) is 3.95. The number of hydrogen-bond donors (Lipinski definition) is 1. The zero-order valence-corrected chi connectivity index (χ0v) is 14.0. The molecule has 1 aromatic rings. The molecular weight excluding hydrogens is 332 g/mol. The van der Waals surface area contributed by atoms with E-state index in [0.29, 0.717) is 0 Å². The number of carboxylic acid groups (broad SMARTS) is 1. The molecule has 7 nitrogen and oxygen atoms in total. The first-order valence-electron chi connectivity index (χ1n) is 7.52. The summed E-state index contributed by atoms with van der Waals surface area (Å²) in [6.07, 6.45) is 0.0945. The Balaban J connectivity index is 1.74. The first kappa shape index (κ1) is 16.6. The van der Waals surface area contributed by atoms with Crippen molar-refractivity contribution >= 4 is 28.6 Å². The van der Waals surface area contributed by atoms with Crippen molar-refractivity contribution in [2.75, 3.05) is 0 Å². The largest absolute Gasteiger partial charge is 0.548 e. The van der Waals surface area contributed by atoms with Crippen molar-refractivity contribution in [1.29, 1.82) is 0 Å². The Bertz CT molecular complexity index is 733. The van der Waals surface area contributed by atoms with Crippen molar-refractivity contribution in [2.45, 2.75) is 42.5 Å². The summed E-state index contributed by atoms with van der Waals surface area (Å²) in [7, 11) is -1.62. The molecule has 2 fully saturated rings. The van der Waals surface area contributed by atoms with Crippen LogP contribution in [0.5, 0.6) is 0 Å². The van der Waals surface area contributed by atoms with Gasteiger partial charge < -0.3 is 20.1 Å². The van der Waals surface area contributed by atoms with Gasteiger partial charge in [0.25, 0.3) is 0 Å². The smallest absolute Gasteiger partial charge is 0.249 e. The number of rotatable bonds is 4. The quantitative estimate of drug-likeness (QED) is 0.669. The Morgan fingerprint density at radius 1 is 1.29 bits per heavy atom. The number of β-lactam (4-membered cyclic amide) rings is 1. The molecule has 0 bridgehead atoms. The highest BCUT2D eigenvalue weighted by Crippen LogP contribution is 2.43. The molecule has 1 N–H and O–H groups in total. The van der Waals surface area contributed by atoms with Gasteiger partial charge in [-0.25, -0.2) is 0 Å². The molecule has 128 valence electrons. The minimum atomic E-state index is -1.62. The minimum absolute atomic E-state index is 0.0945. The van der Waals surface area contributed by atoms with Crippen molar-refractivity contribution in [1.82, 2.24) is 10.2 Å². The lowest BCUT2D eigenvalue weighted by Gasteiger charge is -2.44. The molecule has 2 heterocycles. The van der Waals surface area contributed by atoms with Crippen molar-refractivity contribution in [2.24, 2.45) is 0 Å². The predicted octanol–water partition coefficient (Wildman–Crippen LogP) is -1.46. The van der Waals surface area contributed by atoms with Crippen molar-refractivity contribution in [3.05, 3.63) is 35.9 Å². The molecule has 0 saturated carbocycles. The number of carbonyl (C=O) groups excluding carboxylic acids is 3. The standard InChI is InChI=1S/C16H18N2O5S/c1-16(2)12(15(21)22)18-13(20)11(14(18)24(16)23)17-10(19)8-9-6-4-3-5-7-9/h3-7,11-12,14H,8H2,1-2H3,(H,17,19)(H,21,22)/p-1/t11-,12+,14-,24?/m1/s1. The fourth-order valence-corrected chi connectivity index (χ4v) is 5.20. The SMILES string of the molecule is CC1(C)[C@H](C(=O)[O-])N2C(=O)[C@@H](NC(=O)Cc3ccccc3)[C@H]2S1=O. The zero-order chi connectivity index (χ0) is 17.6. The summed E-state index contributed by atoms with van der Waals surface area (Å²) in [6, 6.07) is 6.81. The van der Waals surface area contributed by atoms with E-state index in [2.05, 4.69) is 5.32 Å². The number of carboxylic acids is 1. The van der Waals surface area contributed by atoms with Gasteiger partial charge in [-0.3, -0.25) is 13.8 Å². The lowest BCUT2D eigenvalue weighted by atomic mass is 9.96. The average Bonchev–Trinajstić information content (AvgIpc) is 2.71. The molecular formula is C16H17N2O5S-. The van der Waals surface area contributed by atoms with E-state index >= 15 is 0 Å². The molecule has 3 rings (SSSR count). The number of carbonyl (C=O) groups is 3. The highest BCUT2D eigenvalue weighted by atomic mass is 32.2. The molecule has 2 amide bonds. The summed E-state index contributed by atoms with van der Waals surface area (Å²) in [4.78, 5) is 36.8. The highest BCUT2D eigenvalue weighted by Gasteiger charge is 2.66. The van der Waals surface area contributed by atoms with Gasteiger partial charge in [0.1, 0.15) is 11.4 Å². The molecule has 0 aliphatic carbocycles. The number of aliphatic carboxylic acids is 1. The Morgan fingerprint density at radius 2 is 1.92 bits per heavy atom. The molecule has 0 aromatic heterocycles. The molecule has 4 atom stereocenters. The Hall–Kier alpha value is -2.22.